The summed E-state index contributed by atoms with van der Waals surface area (Å²) < 4.78 is 0. The molecule has 0 atom stereocenters. The van der Waals surface area contributed by atoms with E-state index in [1.165, 1.54) is 47.5 Å². The Kier molecular flexibility index (Phi) is 24.6. The summed E-state index contributed by atoms with van der Waals surface area (Å²) in [6, 6.07) is 67.9. The number of nitro groups is 3. The van der Waals surface area contributed by atoms with Crippen LogP contribution in [0.1, 0.15) is 29.5 Å². The van der Waals surface area contributed by atoms with Crippen molar-refractivity contribution >= 4 is 115 Å². The number of nitro benzene ring substituents is 3. The van der Waals surface area contributed by atoms with Gasteiger partial charge in [-0.3, -0.25) is 30.3 Å². The lowest BCUT2D eigenvalue weighted by molar-refractivity contribution is -0.385. The first-order chi connectivity index (χ1) is 42.6. The lowest BCUT2D eigenvalue weighted by Gasteiger charge is -2.24. The minimum Gasteiger partial charge on any atom is -0.370 e. The second-order valence-corrected chi connectivity index (χ2v) is 20.6. The molecule has 0 radical (unpaired) electrons. The molecule has 0 amide bonds. The molecule has 0 unspecified atom stereocenters. The van der Waals surface area contributed by atoms with E-state index < -0.39 is 14.8 Å². The van der Waals surface area contributed by atoms with E-state index in [1.54, 1.807) is 24.3 Å². The number of nitrogens with zero attached hydrogens (tertiary/aromatic N) is 14. The van der Waals surface area contributed by atoms with Crippen molar-refractivity contribution in [1.82, 2.24) is 0 Å². The van der Waals surface area contributed by atoms with Crippen molar-refractivity contribution in [2.75, 3.05) is 34.8 Å². The topological polar surface area (TPSA) is 261 Å². The third-order valence-corrected chi connectivity index (χ3v) is 13.9. The first-order valence-corrected chi connectivity index (χ1v) is 28.2. The van der Waals surface area contributed by atoms with E-state index in [0.29, 0.717) is 61.8 Å². The van der Waals surface area contributed by atoms with Gasteiger partial charge in [0.15, 0.2) is 0 Å². The highest BCUT2D eigenvalue weighted by Crippen LogP contribution is 2.40. The molecule has 0 N–H and O–H groups in total. The van der Waals surface area contributed by atoms with Gasteiger partial charge in [-0.1, -0.05) is 137 Å². The number of hydrogen-bond acceptors (Lipinski definition) is 17. The standard InChI is InChI=1S/C22H17Cl2N5O2.C22H19N5O2.C20H16Cl2N4O2/c23-20-13-19(29(30)31)14-21(24)22(20)27-26-17-7-9-18(10-8-17)28(12-4-11-25)15-16-5-2-1-3-6-16;23-15-4-16-26(17-18-5-2-1-3-6-18)21-11-7-19(8-12-21)24-25-20-9-13-22(14-10-20)27(28)29;1-25(13-14-5-3-2-4-6-14)16-9-7-15(8-10-16)23-24-20-18(21)11-17(26(27)28)12-19(20)22/h1-3,5-10,13-14H,4,12,15H2;1-3,5-14H,4,16-17H2;2-12H,13H2,1H3. The van der Waals surface area contributed by atoms with Gasteiger partial charge in [0.1, 0.15) is 11.4 Å². The fourth-order valence-corrected chi connectivity index (χ4v) is 9.34. The Bertz CT molecular complexity index is 3930. The van der Waals surface area contributed by atoms with Crippen LogP contribution in [0.4, 0.5) is 68.2 Å². The molecule has 20 nitrogen and oxygen atoms in total. The molecule has 9 aromatic carbocycles. The fourth-order valence-electron chi connectivity index (χ4n) is 8.24. The first kappa shape index (κ1) is 65.1. The Labute approximate surface area is 526 Å². The zero-order valence-corrected chi connectivity index (χ0v) is 49.9. The highest BCUT2D eigenvalue weighted by molar-refractivity contribution is 6.39. The van der Waals surface area contributed by atoms with Crippen molar-refractivity contribution in [3.63, 3.8) is 0 Å². The van der Waals surface area contributed by atoms with Crippen molar-refractivity contribution in [3.05, 3.63) is 279 Å². The second-order valence-electron chi connectivity index (χ2n) is 18.9. The SMILES string of the molecule is CN(Cc1ccccc1)c1ccc(N=Nc2c(Cl)cc([N+](=O)[O-])cc2Cl)cc1.N#CCCN(Cc1ccccc1)c1ccc(N=Nc2c(Cl)cc([N+](=O)[O-])cc2Cl)cc1.N#CCCN(Cc1ccccc1)c1ccc(N=Nc2ccc([N+](=O)[O-])cc2)cc1. The average Bonchev–Trinajstić information content (AvgIpc) is 3.70. The summed E-state index contributed by atoms with van der Waals surface area (Å²) in [6.45, 7) is 3.41. The largest absolute Gasteiger partial charge is 0.370 e. The van der Waals surface area contributed by atoms with E-state index >= 15 is 0 Å². The normalized spacial score (nSPS) is 10.8. The summed E-state index contributed by atoms with van der Waals surface area (Å²) in [5.74, 6) is 0. The van der Waals surface area contributed by atoms with Crippen molar-refractivity contribution in [3.8, 4) is 12.1 Å². The van der Waals surface area contributed by atoms with E-state index in [-0.39, 0.29) is 48.5 Å². The van der Waals surface area contributed by atoms with Crippen LogP contribution in [0, 0.1) is 53.0 Å². The van der Waals surface area contributed by atoms with E-state index in [4.69, 9.17) is 56.9 Å². The van der Waals surface area contributed by atoms with Crippen molar-refractivity contribution in [2.24, 2.45) is 30.7 Å². The lowest BCUT2D eigenvalue weighted by atomic mass is 10.2. The monoisotopic (exact) mass is 1250 g/mol. The molecule has 0 aliphatic heterocycles. The van der Waals surface area contributed by atoms with E-state index in [2.05, 4.69) is 81.8 Å². The zero-order valence-electron chi connectivity index (χ0n) is 46.9. The molecule has 88 heavy (non-hydrogen) atoms. The number of hydrogen-bond donors (Lipinski definition) is 0. The van der Waals surface area contributed by atoms with Crippen LogP contribution in [0.3, 0.4) is 0 Å². The van der Waals surface area contributed by atoms with Gasteiger partial charge < -0.3 is 14.7 Å². The summed E-state index contributed by atoms with van der Waals surface area (Å²) in [5, 5.41) is 75.2. The Morgan fingerprint density at radius 2 is 0.670 bits per heavy atom. The molecule has 0 spiro atoms. The van der Waals surface area contributed by atoms with Gasteiger partial charge in [-0.05, 0) is 102 Å². The Hall–Kier alpha value is -10.5. The van der Waals surface area contributed by atoms with Crippen LogP contribution in [0.2, 0.25) is 20.1 Å². The van der Waals surface area contributed by atoms with E-state index in [9.17, 15) is 30.3 Å². The summed E-state index contributed by atoms with van der Waals surface area (Å²) in [5.41, 5.74) is 8.88. The molecule has 0 fully saturated rings. The van der Waals surface area contributed by atoms with Gasteiger partial charge in [-0.25, -0.2) is 0 Å². The van der Waals surface area contributed by atoms with Crippen LogP contribution in [-0.4, -0.2) is 34.9 Å². The van der Waals surface area contributed by atoms with E-state index in [1.807, 2.05) is 134 Å². The molecule has 24 heteroatoms. The van der Waals surface area contributed by atoms with Gasteiger partial charge in [-0.15, -0.1) is 10.2 Å². The summed E-state index contributed by atoms with van der Waals surface area (Å²) >= 11 is 24.2. The molecule has 9 aromatic rings. The zero-order chi connectivity index (χ0) is 62.8. The molecule has 0 aliphatic carbocycles. The quantitative estimate of drug-likeness (QED) is 0.0350. The van der Waals surface area contributed by atoms with Crippen LogP contribution >= 0.6 is 46.4 Å². The number of azo groups is 3. The van der Waals surface area contributed by atoms with Gasteiger partial charge in [-0.2, -0.15) is 31.0 Å². The molecular weight excluding hydrogens is 1200 g/mol. The number of benzene rings is 9. The molecule has 0 aliphatic rings. The maximum Gasteiger partial charge on any atom is 0.272 e. The molecular formula is C64H52Cl4N14O6. The number of non-ortho nitro benzene ring substituents is 3. The predicted octanol–water partition coefficient (Wildman–Crippen LogP) is 20.1. The van der Waals surface area contributed by atoms with Gasteiger partial charge in [0, 0.05) is 93.2 Å². The van der Waals surface area contributed by atoms with Crippen LogP contribution < -0.4 is 14.7 Å². The molecule has 442 valence electrons. The van der Waals surface area contributed by atoms with Gasteiger partial charge in [0.05, 0.1) is 82.6 Å². The maximum atomic E-state index is 10.9. The number of halogens is 4. The molecule has 9 rings (SSSR count). The number of anilines is 3. The third-order valence-electron chi connectivity index (χ3n) is 12.7. The molecule has 0 bridgehead atoms. The van der Waals surface area contributed by atoms with Crippen LogP contribution in [0.5, 0.6) is 0 Å². The minimum atomic E-state index is -0.578. The molecule has 0 saturated heterocycles. The summed E-state index contributed by atoms with van der Waals surface area (Å²) in [4.78, 5) is 37.2. The summed E-state index contributed by atoms with van der Waals surface area (Å²) in [7, 11) is 2.01. The fraction of sp³-hybridized carbons (Fsp3) is 0.125. The smallest absolute Gasteiger partial charge is 0.272 e. The van der Waals surface area contributed by atoms with Crippen molar-refractivity contribution in [1.29, 1.82) is 10.5 Å². The summed E-state index contributed by atoms with van der Waals surface area (Å²) in [6.07, 6.45) is 0.847. The third kappa shape index (κ3) is 20.1. The predicted molar refractivity (Wildman–Crippen MR) is 345 cm³/mol. The van der Waals surface area contributed by atoms with Gasteiger partial charge in [0.2, 0.25) is 0 Å². The van der Waals surface area contributed by atoms with Crippen molar-refractivity contribution < 1.29 is 14.8 Å². The van der Waals surface area contributed by atoms with E-state index in [0.717, 1.165) is 29.2 Å². The van der Waals surface area contributed by atoms with Gasteiger partial charge >= 0.3 is 0 Å². The Balaban J connectivity index is 0.000000189. The average molecular weight is 1260 g/mol. The second kappa shape index (κ2) is 33.3. The molecule has 0 heterocycles. The first-order valence-electron chi connectivity index (χ1n) is 26.7. The Morgan fingerprint density at radius 1 is 0.386 bits per heavy atom. The molecule has 0 aromatic heterocycles. The number of nitriles is 2. The lowest BCUT2D eigenvalue weighted by Crippen LogP contribution is -2.23. The Morgan fingerprint density at radius 3 is 0.977 bits per heavy atom. The molecule has 0 saturated carbocycles. The minimum absolute atomic E-state index is 0.0178. The van der Waals surface area contributed by atoms with Crippen LogP contribution in [0.25, 0.3) is 0 Å². The van der Waals surface area contributed by atoms with Crippen LogP contribution in [0.15, 0.2) is 243 Å². The number of rotatable bonds is 22. The van der Waals surface area contributed by atoms with Gasteiger partial charge in [0.25, 0.3) is 17.1 Å². The maximum absolute atomic E-state index is 10.9. The highest BCUT2D eigenvalue weighted by Gasteiger charge is 2.17. The van der Waals surface area contributed by atoms with Crippen molar-refractivity contribution in [2.45, 2.75) is 32.5 Å². The highest BCUT2D eigenvalue weighted by atomic mass is 35.5. The van der Waals surface area contributed by atoms with Crippen LogP contribution in [-0.2, 0) is 19.6 Å².